The number of carboxylic acids is 2. The van der Waals surface area contributed by atoms with E-state index in [1.807, 2.05) is 0 Å². The number of rotatable bonds is 11. The predicted molar refractivity (Wildman–Crippen MR) is 61.8 cm³/mol. The highest BCUT2D eigenvalue weighted by atomic mass is 16.4. The van der Waals surface area contributed by atoms with E-state index in [9.17, 15) is 14.4 Å². The van der Waals surface area contributed by atoms with Gasteiger partial charge in [0.05, 0.1) is 6.42 Å². The molecule has 0 amide bonds. The van der Waals surface area contributed by atoms with Crippen LogP contribution in [0.1, 0.15) is 57.8 Å². The average Bonchev–Trinajstić information content (AvgIpc) is 2.24. The molecular formula is C12H20O5. The monoisotopic (exact) mass is 244 g/mol. The zero-order chi connectivity index (χ0) is 13.1. The van der Waals surface area contributed by atoms with Crippen molar-refractivity contribution in [3.05, 3.63) is 0 Å². The molecule has 0 aromatic heterocycles. The maximum Gasteiger partial charge on any atom is 0.303 e. The zero-order valence-electron chi connectivity index (χ0n) is 9.98. The van der Waals surface area contributed by atoms with Crippen LogP contribution in [0.4, 0.5) is 0 Å². The second kappa shape index (κ2) is 9.81. The highest BCUT2D eigenvalue weighted by molar-refractivity contribution is 5.82. The quantitative estimate of drug-likeness (QED) is 0.544. The van der Waals surface area contributed by atoms with Crippen LogP contribution in [0.15, 0.2) is 0 Å². The summed E-state index contributed by atoms with van der Waals surface area (Å²) in [6.45, 7) is 0. The van der Waals surface area contributed by atoms with Gasteiger partial charge in [-0.1, -0.05) is 19.3 Å². The second-order valence-electron chi connectivity index (χ2n) is 4.09. The summed E-state index contributed by atoms with van der Waals surface area (Å²) in [5, 5.41) is 16.8. The number of Topliss-reactive ketones (excluding diaryl/α,β-unsaturated/α-hetero) is 1. The normalized spacial score (nSPS) is 10.1. The van der Waals surface area contributed by atoms with Crippen molar-refractivity contribution in [3.63, 3.8) is 0 Å². The van der Waals surface area contributed by atoms with Crippen LogP contribution in [0.2, 0.25) is 0 Å². The number of unbranched alkanes of at least 4 members (excludes halogenated alkanes) is 4. The topological polar surface area (TPSA) is 91.7 Å². The van der Waals surface area contributed by atoms with E-state index in [2.05, 4.69) is 0 Å². The predicted octanol–water partition coefficient (Wildman–Crippen LogP) is 2.24. The molecule has 0 aliphatic rings. The Kier molecular flexibility index (Phi) is 9.01. The van der Waals surface area contributed by atoms with Crippen LogP contribution in [-0.2, 0) is 14.4 Å². The van der Waals surface area contributed by atoms with Gasteiger partial charge in [-0.05, 0) is 12.8 Å². The minimum absolute atomic E-state index is 0.00191. The summed E-state index contributed by atoms with van der Waals surface area (Å²) < 4.78 is 0. The van der Waals surface area contributed by atoms with E-state index < -0.39 is 11.9 Å². The molecule has 0 fully saturated rings. The summed E-state index contributed by atoms with van der Waals surface area (Å²) in [6.07, 6.45) is 4.83. The highest BCUT2D eigenvalue weighted by Gasteiger charge is 2.05. The first kappa shape index (κ1) is 15.6. The Morgan fingerprint density at radius 2 is 1.06 bits per heavy atom. The lowest BCUT2D eigenvalue weighted by Gasteiger charge is -2.00. The summed E-state index contributed by atoms with van der Waals surface area (Å²) >= 11 is 0. The summed E-state index contributed by atoms with van der Waals surface area (Å²) in [4.78, 5) is 31.6. The van der Waals surface area contributed by atoms with Crippen molar-refractivity contribution < 1.29 is 24.6 Å². The van der Waals surface area contributed by atoms with Gasteiger partial charge in [0.25, 0.3) is 0 Å². The third-order valence-corrected chi connectivity index (χ3v) is 2.46. The van der Waals surface area contributed by atoms with Gasteiger partial charge in [-0.2, -0.15) is 0 Å². The highest BCUT2D eigenvalue weighted by Crippen LogP contribution is 2.08. The average molecular weight is 244 g/mol. The van der Waals surface area contributed by atoms with Crippen LogP contribution in [0, 0.1) is 0 Å². The van der Waals surface area contributed by atoms with Crippen molar-refractivity contribution in [1.29, 1.82) is 0 Å². The SMILES string of the molecule is O=C(O)CCCCCCCC(=O)CCC(=O)O. The summed E-state index contributed by atoms with van der Waals surface area (Å²) in [7, 11) is 0. The van der Waals surface area contributed by atoms with Crippen LogP contribution >= 0.6 is 0 Å². The smallest absolute Gasteiger partial charge is 0.303 e. The van der Waals surface area contributed by atoms with E-state index in [-0.39, 0.29) is 25.0 Å². The van der Waals surface area contributed by atoms with Crippen LogP contribution in [0.5, 0.6) is 0 Å². The van der Waals surface area contributed by atoms with E-state index in [0.29, 0.717) is 12.8 Å². The zero-order valence-corrected chi connectivity index (χ0v) is 9.98. The second-order valence-corrected chi connectivity index (χ2v) is 4.09. The van der Waals surface area contributed by atoms with Gasteiger partial charge >= 0.3 is 11.9 Å². The van der Waals surface area contributed by atoms with E-state index in [1.54, 1.807) is 0 Å². The van der Waals surface area contributed by atoms with Crippen molar-refractivity contribution in [3.8, 4) is 0 Å². The molecule has 2 N–H and O–H groups in total. The fourth-order valence-electron chi connectivity index (χ4n) is 1.50. The largest absolute Gasteiger partial charge is 0.481 e. The van der Waals surface area contributed by atoms with Gasteiger partial charge in [0.2, 0.25) is 0 Å². The maximum absolute atomic E-state index is 11.2. The van der Waals surface area contributed by atoms with Crippen molar-refractivity contribution in [2.75, 3.05) is 0 Å². The number of carbonyl (C=O) groups excluding carboxylic acids is 1. The molecule has 0 aliphatic carbocycles. The van der Waals surface area contributed by atoms with Gasteiger partial charge < -0.3 is 10.2 Å². The van der Waals surface area contributed by atoms with Crippen molar-refractivity contribution in [2.24, 2.45) is 0 Å². The number of hydrogen-bond acceptors (Lipinski definition) is 3. The van der Waals surface area contributed by atoms with E-state index in [0.717, 1.165) is 25.7 Å². The van der Waals surface area contributed by atoms with Gasteiger partial charge in [-0.15, -0.1) is 0 Å². The van der Waals surface area contributed by atoms with Gasteiger partial charge in [-0.3, -0.25) is 14.4 Å². The first-order chi connectivity index (χ1) is 8.02. The van der Waals surface area contributed by atoms with Crippen LogP contribution in [-0.4, -0.2) is 27.9 Å². The number of hydrogen-bond donors (Lipinski definition) is 2. The molecule has 0 atom stereocenters. The fraction of sp³-hybridized carbons (Fsp3) is 0.750. The van der Waals surface area contributed by atoms with Crippen LogP contribution in [0.3, 0.4) is 0 Å². The molecule has 0 spiro atoms. The van der Waals surface area contributed by atoms with E-state index in [1.165, 1.54) is 0 Å². The molecule has 0 aliphatic heterocycles. The molecule has 0 saturated heterocycles. The van der Waals surface area contributed by atoms with Gasteiger partial charge in [0.15, 0.2) is 0 Å². The van der Waals surface area contributed by atoms with E-state index >= 15 is 0 Å². The Balaban J connectivity index is 3.24. The molecule has 17 heavy (non-hydrogen) atoms. The minimum atomic E-state index is -0.938. The first-order valence-corrected chi connectivity index (χ1v) is 5.97. The molecule has 0 rings (SSSR count). The Morgan fingerprint density at radius 3 is 1.59 bits per heavy atom. The maximum atomic E-state index is 11.2. The first-order valence-electron chi connectivity index (χ1n) is 5.97. The van der Waals surface area contributed by atoms with Crippen LogP contribution in [0.25, 0.3) is 0 Å². The molecule has 0 radical (unpaired) electrons. The van der Waals surface area contributed by atoms with Crippen LogP contribution < -0.4 is 0 Å². The molecule has 0 aromatic rings. The Morgan fingerprint density at radius 1 is 0.588 bits per heavy atom. The van der Waals surface area contributed by atoms with Gasteiger partial charge in [0.1, 0.15) is 5.78 Å². The van der Waals surface area contributed by atoms with E-state index in [4.69, 9.17) is 10.2 Å². The molecular weight excluding hydrogens is 224 g/mol. The Bertz CT molecular complexity index is 260. The van der Waals surface area contributed by atoms with Gasteiger partial charge in [0, 0.05) is 19.3 Å². The Labute approximate surface area is 101 Å². The fourth-order valence-corrected chi connectivity index (χ4v) is 1.50. The lowest BCUT2D eigenvalue weighted by molar-refractivity contribution is -0.138. The Hall–Kier alpha value is -1.39. The summed E-state index contributed by atoms with van der Waals surface area (Å²) in [5.41, 5.74) is 0. The molecule has 5 nitrogen and oxygen atoms in total. The molecule has 98 valence electrons. The lowest BCUT2D eigenvalue weighted by Crippen LogP contribution is -2.02. The summed E-state index contributed by atoms with van der Waals surface area (Å²) in [6, 6.07) is 0. The number of aliphatic carboxylic acids is 2. The molecule has 0 aromatic carbocycles. The van der Waals surface area contributed by atoms with Crippen molar-refractivity contribution >= 4 is 17.7 Å². The number of ketones is 1. The molecule has 0 heterocycles. The standard InChI is InChI=1S/C12H20O5/c13-10(8-9-12(16)17)6-4-2-1-3-5-7-11(14)15/h1-9H2,(H,14,15)(H,16,17). The third-order valence-electron chi connectivity index (χ3n) is 2.46. The third kappa shape index (κ3) is 12.5. The van der Waals surface area contributed by atoms with Crippen molar-refractivity contribution in [1.82, 2.24) is 0 Å². The molecule has 0 bridgehead atoms. The minimum Gasteiger partial charge on any atom is -0.481 e. The molecule has 0 unspecified atom stereocenters. The number of carboxylic acid groups (broad SMARTS) is 2. The molecule has 5 heteroatoms. The summed E-state index contributed by atoms with van der Waals surface area (Å²) in [5.74, 6) is -1.71. The lowest BCUT2D eigenvalue weighted by atomic mass is 10.1. The van der Waals surface area contributed by atoms with Gasteiger partial charge in [-0.25, -0.2) is 0 Å². The number of carbonyl (C=O) groups is 3. The van der Waals surface area contributed by atoms with Crippen molar-refractivity contribution in [2.45, 2.75) is 57.8 Å². The molecule has 0 saturated carbocycles.